The lowest BCUT2D eigenvalue weighted by Crippen LogP contribution is -2.13. The number of benzene rings is 2. The summed E-state index contributed by atoms with van der Waals surface area (Å²) in [6.07, 6.45) is 0. The number of hydrogen-bond donors (Lipinski definition) is 0. The zero-order chi connectivity index (χ0) is 14.5. The lowest BCUT2D eigenvalue weighted by Gasteiger charge is -2.12. The Bertz CT molecular complexity index is 590. The molecule has 3 heteroatoms. The van der Waals surface area contributed by atoms with Crippen molar-refractivity contribution in [3.05, 3.63) is 59.7 Å². The Morgan fingerprint density at radius 1 is 1.10 bits per heavy atom. The second kappa shape index (κ2) is 6.62. The highest BCUT2D eigenvalue weighted by Gasteiger charge is 2.17. The zero-order valence-corrected chi connectivity index (χ0v) is 12.7. The molecule has 0 radical (unpaired) electrons. The molecule has 0 aliphatic rings. The SMILES string of the molecule is COc1ccc(C(=O)C(C)Sc2ccccc2C)cc1. The topological polar surface area (TPSA) is 26.3 Å². The number of Topliss-reactive ketones (excluding diaryl/α,β-unsaturated/α-hetero) is 1. The van der Waals surface area contributed by atoms with Crippen molar-refractivity contribution in [2.24, 2.45) is 0 Å². The van der Waals surface area contributed by atoms with E-state index in [9.17, 15) is 4.79 Å². The average Bonchev–Trinajstić information content (AvgIpc) is 2.49. The van der Waals surface area contributed by atoms with Gasteiger partial charge in [0.15, 0.2) is 5.78 Å². The van der Waals surface area contributed by atoms with Gasteiger partial charge in [0.1, 0.15) is 5.75 Å². The number of thioether (sulfide) groups is 1. The highest BCUT2D eigenvalue weighted by Crippen LogP contribution is 2.28. The van der Waals surface area contributed by atoms with E-state index in [0.29, 0.717) is 0 Å². The molecule has 0 spiro atoms. The maximum absolute atomic E-state index is 12.4. The third-order valence-electron chi connectivity index (χ3n) is 3.14. The Morgan fingerprint density at radius 3 is 2.35 bits per heavy atom. The van der Waals surface area contributed by atoms with Crippen molar-refractivity contribution in [1.29, 1.82) is 0 Å². The van der Waals surface area contributed by atoms with Gasteiger partial charge in [0.2, 0.25) is 0 Å². The first kappa shape index (κ1) is 14.7. The van der Waals surface area contributed by atoms with Crippen LogP contribution in [0.3, 0.4) is 0 Å². The Labute approximate surface area is 124 Å². The van der Waals surface area contributed by atoms with Gasteiger partial charge in [-0.3, -0.25) is 4.79 Å². The third-order valence-corrected chi connectivity index (χ3v) is 4.42. The minimum atomic E-state index is -0.107. The van der Waals surface area contributed by atoms with Crippen LogP contribution in [0.2, 0.25) is 0 Å². The van der Waals surface area contributed by atoms with E-state index in [-0.39, 0.29) is 11.0 Å². The van der Waals surface area contributed by atoms with Crippen molar-refractivity contribution in [3.8, 4) is 5.75 Å². The smallest absolute Gasteiger partial charge is 0.175 e. The summed E-state index contributed by atoms with van der Waals surface area (Å²) in [4.78, 5) is 13.6. The summed E-state index contributed by atoms with van der Waals surface area (Å²) >= 11 is 1.60. The monoisotopic (exact) mass is 286 g/mol. The molecule has 1 unspecified atom stereocenters. The van der Waals surface area contributed by atoms with Gasteiger partial charge in [-0.15, -0.1) is 11.8 Å². The van der Waals surface area contributed by atoms with Gasteiger partial charge in [0.05, 0.1) is 12.4 Å². The summed E-state index contributed by atoms with van der Waals surface area (Å²) < 4.78 is 5.10. The van der Waals surface area contributed by atoms with Crippen LogP contribution in [0.4, 0.5) is 0 Å². The van der Waals surface area contributed by atoms with E-state index < -0.39 is 0 Å². The maximum Gasteiger partial charge on any atom is 0.175 e. The Balaban J connectivity index is 2.10. The molecule has 0 aliphatic heterocycles. The molecule has 0 heterocycles. The van der Waals surface area contributed by atoms with Crippen LogP contribution in [-0.2, 0) is 0 Å². The van der Waals surface area contributed by atoms with Crippen molar-refractivity contribution in [2.75, 3.05) is 7.11 Å². The molecule has 1 atom stereocenters. The Kier molecular flexibility index (Phi) is 4.85. The summed E-state index contributed by atoms with van der Waals surface area (Å²) in [6, 6.07) is 15.4. The number of ketones is 1. The Hall–Kier alpha value is -1.74. The van der Waals surface area contributed by atoms with Gasteiger partial charge in [-0.05, 0) is 49.7 Å². The van der Waals surface area contributed by atoms with Crippen LogP contribution in [-0.4, -0.2) is 18.1 Å². The quantitative estimate of drug-likeness (QED) is 0.603. The van der Waals surface area contributed by atoms with Gasteiger partial charge in [-0.2, -0.15) is 0 Å². The van der Waals surface area contributed by atoms with Crippen LogP contribution >= 0.6 is 11.8 Å². The second-order valence-electron chi connectivity index (χ2n) is 4.62. The van der Waals surface area contributed by atoms with Gasteiger partial charge >= 0.3 is 0 Å². The van der Waals surface area contributed by atoms with Crippen LogP contribution in [0.1, 0.15) is 22.8 Å². The molecule has 104 valence electrons. The average molecular weight is 286 g/mol. The number of carbonyl (C=O) groups is 1. The van der Waals surface area contributed by atoms with E-state index in [4.69, 9.17) is 4.74 Å². The highest BCUT2D eigenvalue weighted by atomic mass is 32.2. The second-order valence-corrected chi connectivity index (χ2v) is 6.00. The van der Waals surface area contributed by atoms with Gasteiger partial charge in [-0.25, -0.2) is 0 Å². The van der Waals surface area contributed by atoms with Crippen molar-refractivity contribution < 1.29 is 9.53 Å². The number of hydrogen-bond acceptors (Lipinski definition) is 3. The molecule has 0 saturated heterocycles. The molecule has 0 fully saturated rings. The van der Waals surface area contributed by atoms with Gasteiger partial charge in [0.25, 0.3) is 0 Å². The third kappa shape index (κ3) is 3.42. The number of rotatable bonds is 5. The van der Waals surface area contributed by atoms with Crippen molar-refractivity contribution in [1.82, 2.24) is 0 Å². The van der Waals surface area contributed by atoms with Crippen LogP contribution < -0.4 is 4.74 Å². The number of methoxy groups -OCH3 is 1. The van der Waals surface area contributed by atoms with E-state index in [1.54, 1.807) is 18.9 Å². The predicted octanol–water partition coefficient (Wildman–Crippen LogP) is 4.37. The van der Waals surface area contributed by atoms with Crippen LogP contribution in [0.15, 0.2) is 53.4 Å². The minimum Gasteiger partial charge on any atom is -0.497 e. The summed E-state index contributed by atoms with van der Waals surface area (Å²) in [5.41, 5.74) is 1.92. The molecule has 0 N–H and O–H groups in total. The maximum atomic E-state index is 12.4. The number of aryl methyl sites for hydroxylation is 1. The van der Waals surface area contributed by atoms with Crippen molar-refractivity contribution >= 4 is 17.5 Å². The molecule has 0 amide bonds. The summed E-state index contributed by atoms with van der Waals surface area (Å²) in [5.74, 6) is 0.904. The molecule has 20 heavy (non-hydrogen) atoms. The van der Waals surface area contributed by atoms with Gasteiger partial charge < -0.3 is 4.74 Å². The first-order chi connectivity index (χ1) is 9.61. The van der Waals surface area contributed by atoms with E-state index in [0.717, 1.165) is 16.2 Å². The highest BCUT2D eigenvalue weighted by molar-refractivity contribution is 8.00. The molecular weight excluding hydrogens is 268 g/mol. The lowest BCUT2D eigenvalue weighted by atomic mass is 10.1. The van der Waals surface area contributed by atoms with E-state index >= 15 is 0 Å². The van der Waals surface area contributed by atoms with E-state index in [1.807, 2.05) is 43.3 Å². The first-order valence-corrected chi connectivity index (χ1v) is 7.40. The molecule has 2 aromatic carbocycles. The fourth-order valence-electron chi connectivity index (χ4n) is 1.92. The standard InChI is InChI=1S/C17H18O2S/c1-12-6-4-5-7-16(12)20-13(2)17(18)14-8-10-15(19-3)11-9-14/h4-11,13H,1-3H3. The van der Waals surface area contributed by atoms with E-state index in [2.05, 4.69) is 19.1 Å². The summed E-state index contributed by atoms with van der Waals surface area (Å²) in [5, 5.41) is -0.107. The molecule has 2 nitrogen and oxygen atoms in total. The molecule has 0 aliphatic carbocycles. The molecule has 0 bridgehead atoms. The molecule has 0 saturated carbocycles. The minimum absolute atomic E-state index is 0.107. The fourth-order valence-corrected chi connectivity index (χ4v) is 2.96. The van der Waals surface area contributed by atoms with Gasteiger partial charge in [0, 0.05) is 10.5 Å². The lowest BCUT2D eigenvalue weighted by molar-refractivity contribution is 0.0994. The van der Waals surface area contributed by atoms with Crippen LogP contribution in [0.25, 0.3) is 0 Å². The Morgan fingerprint density at radius 2 is 1.75 bits per heavy atom. The molecule has 2 aromatic rings. The first-order valence-electron chi connectivity index (χ1n) is 6.52. The predicted molar refractivity (Wildman–Crippen MR) is 83.8 cm³/mol. The fraction of sp³-hybridized carbons (Fsp3) is 0.235. The van der Waals surface area contributed by atoms with Gasteiger partial charge in [-0.1, -0.05) is 18.2 Å². The molecule has 2 rings (SSSR count). The van der Waals surface area contributed by atoms with Crippen molar-refractivity contribution in [2.45, 2.75) is 24.0 Å². The van der Waals surface area contributed by atoms with Crippen LogP contribution in [0, 0.1) is 6.92 Å². The number of carbonyl (C=O) groups excluding carboxylic acids is 1. The van der Waals surface area contributed by atoms with Crippen molar-refractivity contribution in [3.63, 3.8) is 0 Å². The summed E-state index contributed by atoms with van der Waals surface area (Å²) in [7, 11) is 1.62. The zero-order valence-electron chi connectivity index (χ0n) is 11.9. The van der Waals surface area contributed by atoms with E-state index in [1.165, 1.54) is 5.56 Å². The number of ether oxygens (including phenoxy) is 1. The molecular formula is C17H18O2S. The normalized spacial score (nSPS) is 11.9. The largest absolute Gasteiger partial charge is 0.497 e. The summed E-state index contributed by atoms with van der Waals surface area (Å²) in [6.45, 7) is 4.01. The van der Waals surface area contributed by atoms with Crippen LogP contribution in [0.5, 0.6) is 5.75 Å². The molecule has 0 aromatic heterocycles.